The van der Waals surface area contributed by atoms with Crippen LogP contribution in [-0.2, 0) is 12.6 Å². The molecular formula is C9H12F3N3. The van der Waals surface area contributed by atoms with Crippen LogP contribution in [0.4, 0.5) is 19.0 Å². The molecular weight excluding hydrogens is 207 g/mol. The van der Waals surface area contributed by atoms with Crippen LogP contribution < -0.4 is 5.73 Å². The van der Waals surface area contributed by atoms with Crippen molar-refractivity contribution < 1.29 is 13.2 Å². The molecule has 1 aromatic rings. The van der Waals surface area contributed by atoms with Crippen LogP contribution in [-0.4, -0.2) is 9.97 Å². The third kappa shape index (κ3) is 3.38. The number of hydrogen-bond donors (Lipinski definition) is 1. The molecule has 0 aliphatic heterocycles. The highest BCUT2D eigenvalue weighted by atomic mass is 19.4. The fraction of sp³-hybridized carbons (Fsp3) is 0.556. The number of halogens is 3. The second-order valence-corrected chi connectivity index (χ2v) is 3.70. The molecule has 6 heteroatoms. The number of nitrogens with zero attached hydrogens (tertiary/aromatic N) is 2. The molecule has 2 N–H and O–H groups in total. The van der Waals surface area contributed by atoms with Crippen molar-refractivity contribution >= 4 is 5.82 Å². The van der Waals surface area contributed by atoms with Crippen LogP contribution in [0.1, 0.15) is 25.4 Å². The minimum Gasteiger partial charge on any atom is -0.384 e. The van der Waals surface area contributed by atoms with Gasteiger partial charge in [-0.2, -0.15) is 13.2 Å². The molecule has 0 amide bonds. The summed E-state index contributed by atoms with van der Waals surface area (Å²) in [6.45, 7) is 3.79. The van der Waals surface area contributed by atoms with E-state index >= 15 is 0 Å². The fourth-order valence-corrected chi connectivity index (χ4v) is 1.17. The van der Waals surface area contributed by atoms with E-state index in [2.05, 4.69) is 9.97 Å². The van der Waals surface area contributed by atoms with Gasteiger partial charge in [-0.05, 0) is 12.3 Å². The minimum atomic E-state index is -4.54. The van der Waals surface area contributed by atoms with Gasteiger partial charge in [-0.15, -0.1) is 0 Å². The molecule has 0 saturated carbocycles. The van der Waals surface area contributed by atoms with E-state index in [1.54, 1.807) is 0 Å². The fourth-order valence-electron chi connectivity index (χ4n) is 1.17. The van der Waals surface area contributed by atoms with Crippen molar-refractivity contribution in [1.29, 1.82) is 0 Å². The Balaban J connectivity index is 3.06. The van der Waals surface area contributed by atoms with Gasteiger partial charge in [0.1, 0.15) is 5.82 Å². The lowest BCUT2D eigenvalue weighted by Crippen LogP contribution is -2.14. The first-order valence-electron chi connectivity index (χ1n) is 4.49. The standard InChI is InChI=1S/C9H12F3N3/c1-5(2)3-6-4-7(13)15-8(14-6)9(10,11)12/h4-5H,3H2,1-2H3,(H2,13,14,15). The van der Waals surface area contributed by atoms with E-state index in [0.29, 0.717) is 12.1 Å². The number of nitrogens with two attached hydrogens (primary N) is 1. The summed E-state index contributed by atoms with van der Waals surface area (Å²) in [7, 11) is 0. The topological polar surface area (TPSA) is 51.8 Å². The van der Waals surface area contributed by atoms with Crippen molar-refractivity contribution in [2.45, 2.75) is 26.4 Å². The highest BCUT2D eigenvalue weighted by molar-refractivity contribution is 5.30. The molecule has 1 aromatic heterocycles. The second kappa shape index (κ2) is 4.04. The summed E-state index contributed by atoms with van der Waals surface area (Å²) in [4.78, 5) is 6.58. The van der Waals surface area contributed by atoms with Crippen LogP contribution in [0.2, 0.25) is 0 Å². The Morgan fingerprint density at radius 1 is 1.33 bits per heavy atom. The van der Waals surface area contributed by atoms with Crippen molar-refractivity contribution in [2.24, 2.45) is 5.92 Å². The van der Waals surface area contributed by atoms with Gasteiger partial charge in [0.05, 0.1) is 0 Å². The number of nitrogen functional groups attached to an aromatic ring is 1. The molecule has 0 unspecified atom stereocenters. The van der Waals surface area contributed by atoms with Crippen molar-refractivity contribution in [3.05, 3.63) is 17.6 Å². The van der Waals surface area contributed by atoms with Gasteiger partial charge in [-0.3, -0.25) is 0 Å². The van der Waals surface area contributed by atoms with E-state index in [1.165, 1.54) is 6.07 Å². The maximum absolute atomic E-state index is 12.3. The molecule has 0 aliphatic carbocycles. The van der Waals surface area contributed by atoms with E-state index in [-0.39, 0.29) is 11.7 Å². The van der Waals surface area contributed by atoms with Crippen LogP contribution in [0.5, 0.6) is 0 Å². The number of rotatable bonds is 2. The summed E-state index contributed by atoms with van der Waals surface area (Å²) in [6.07, 6.45) is -4.09. The first kappa shape index (κ1) is 11.7. The lowest BCUT2D eigenvalue weighted by Gasteiger charge is -2.09. The van der Waals surface area contributed by atoms with Gasteiger partial charge in [0.15, 0.2) is 0 Å². The largest absolute Gasteiger partial charge is 0.451 e. The Kier molecular flexibility index (Phi) is 3.16. The molecule has 0 atom stereocenters. The zero-order chi connectivity index (χ0) is 11.6. The van der Waals surface area contributed by atoms with E-state index < -0.39 is 12.0 Å². The van der Waals surface area contributed by atoms with Crippen molar-refractivity contribution in [3.8, 4) is 0 Å². The minimum absolute atomic E-state index is 0.145. The molecule has 0 aliphatic rings. The van der Waals surface area contributed by atoms with Gasteiger partial charge in [0.2, 0.25) is 5.82 Å². The number of alkyl halides is 3. The van der Waals surface area contributed by atoms with Crippen LogP contribution in [0.15, 0.2) is 6.07 Å². The Bertz CT molecular complexity index is 347. The average Bonchev–Trinajstić information content (AvgIpc) is 1.99. The van der Waals surface area contributed by atoms with Crippen molar-refractivity contribution in [1.82, 2.24) is 9.97 Å². The maximum atomic E-state index is 12.3. The highest BCUT2D eigenvalue weighted by Gasteiger charge is 2.35. The van der Waals surface area contributed by atoms with Crippen molar-refractivity contribution in [2.75, 3.05) is 5.73 Å². The Morgan fingerprint density at radius 2 is 1.93 bits per heavy atom. The van der Waals surface area contributed by atoms with Crippen LogP contribution in [0.25, 0.3) is 0 Å². The maximum Gasteiger partial charge on any atom is 0.451 e. The summed E-state index contributed by atoms with van der Waals surface area (Å²) in [6, 6.07) is 1.37. The zero-order valence-corrected chi connectivity index (χ0v) is 8.47. The highest BCUT2D eigenvalue weighted by Crippen LogP contribution is 2.27. The van der Waals surface area contributed by atoms with Gasteiger partial charge >= 0.3 is 6.18 Å². The molecule has 84 valence electrons. The predicted molar refractivity (Wildman–Crippen MR) is 50.0 cm³/mol. The first-order chi connectivity index (χ1) is 6.79. The van der Waals surface area contributed by atoms with E-state index in [9.17, 15) is 13.2 Å². The quantitative estimate of drug-likeness (QED) is 0.830. The lowest BCUT2D eigenvalue weighted by atomic mass is 10.1. The van der Waals surface area contributed by atoms with Gasteiger partial charge in [-0.25, -0.2) is 9.97 Å². The monoisotopic (exact) mass is 219 g/mol. The molecule has 1 heterocycles. The second-order valence-electron chi connectivity index (χ2n) is 3.70. The van der Waals surface area contributed by atoms with Gasteiger partial charge in [0, 0.05) is 11.8 Å². The van der Waals surface area contributed by atoms with Gasteiger partial charge < -0.3 is 5.73 Å². The molecule has 0 radical (unpaired) electrons. The number of aromatic nitrogens is 2. The summed E-state index contributed by atoms with van der Waals surface area (Å²) in [5, 5.41) is 0. The Morgan fingerprint density at radius 3 is 2.40 bits per heavy atom. The summed E-state index contributed by atoms with van der Waals surface area (Å²) in [5.41, 5.74) is 5.60. The van der Waals surface area contributed by atoms with E-state index in [1.807, 2.05) is 13.8 Å². The summed E-state index contributed by atoms with van der Waals surface area (Å²) in [5.74, 6) is -1.09. The normalized spacial score (nSPS) is 12.1. The van der Waals surface area contributed by atoms with Crippen LogP contribution in [0.3, 0.4) is 0 Å². The number of anilines is 1. The molecule has 0 aromatic carbocycles. The average molecular weight is 219 g/mol. The third-order valence-electron chi connectivity index (χ3n) is 1.67. The number of hydrogen-bond acceptors (Lipinski definition) is 3. The smallest absolute Gasteiger partial charge is 0.384 e. The molecule has 0 spiro atoms. The summed E-state index contributed by atoms with van der Waals surface area (Å²) >= 11 is 0. The van der Waals surface area contributed by atoms with Gasteiger partial charge in [-0.1, -0.05) is 13.8 Å². The molecule has 0 fully saturated rings. The first-order valence-corrected chi connectivity index (χ1v) is 4.49. The predicted octanol–water partition coefficient (Wildman–Crippen LogP) is 2.28. The molecule has 0 bridgehead atoms. The van der Waals surface area contributed by atoms with Crippen molar-refractivity contribution in [3.63, 3.8) is 0 Å². The lowest BCUT2D eigenvalue weighted by molar-refractivity contribution is -0.145. The van der Waals surface area contributed by atoms with E-state index in [4.69, 9.17) is 5.73 Å². The SMILES string of the molecule is CC(C)Cc1cc(N)nc(C(F)(F)F)n1. The zero-order valence-electron chi connectivity index (χ0n) is 8.47. The Labute approximate surface area is 85.5 Å². The Hall–Kier alpha value is -1.33. The third-order valence-corrected chi connectivity index (χ3v) is 1.67. The van der Waals surface area contributed by atoms with E-state index in [0.717, 1.165) is 0 Å². The van der Waals surface area contributed by atoms with Crippen LogP contribution >= 0.6 is 0 Å². The van der Waals surface area contributed by atoms with Crippen LogP contribution in [0, 0.1) is 5.92 Å². The summed E-state index contributed by atoms with van der Waals surface area (Å²) < 4.78 is 36.9. The van der Waals surface area contributed by atoms with Gasteiger partial charge in [0.25, 0.3) is 0 Å². The molecule has 3 nitrogen and oxygen atoms in total. The molecule has 15 heavy (non-hydrogen) atoms. The molecule has 0 saturated heterocycles. The molecule has 1 rings (SSSR count).